The molecule has 24 heavy (non-hydrogen) atoms. The van der Waals surface area contributed by atoms with Crippen molar-refractivity contribution in [3.63, 3.8) is 0 Å². The molecule has 3 rings (SSSR count). The van der Waals surface area contributed by atoms with Crippen molar-refractivity contribution in [2.75, 3.05) is 5.32 Å². The van der Waals surface area contributed by atoms with Gasteiger partial charge in [0.05, 0.1) is 0 Å². The second kappa shape index (κ2) is 8.15. The highest BCUT2D eigenvalue weighted by atomic mass is 35.5. The Hall–Kier alpha value is -2.07. The van der Waals surface area contributed by atoms with Crippen LogP contribution in [0.1, 0.15) is 48.2 Å². The first kappa shape index (κ1) is 16.8. The minimum Gasteiger partial charge on any atom is -0.382 e. The fraction of sp³-hybridized carbons (Fsp3) is 0.368. The number of halogens is 1. The number of hydrogen-bond acceptors (Lipinski definition) is 3. The average Bonchev–Trinajstić information content (AvgIpc) is 2.62. The van der Waals surface area contributed by atoms with E-state index in [0.29, 0.717) is 23.3 Å². The normalized spacial score (nSPS) is 15.0. The van der Waals surface area contributed by atoms with Gasteiger partial charge in [-0.1, -0.05) is 49.1 Å². The smallest absolute Gasteiger partial charge is 0.270 e. The number of nitrogens with zero attached hydrogens (tertiary/aromatic N) is 1. The second-order valence-electron chi connectivity index (χ2n) is 6.18. The van der Waals surface area contributed by atoms with Crippen LogP contribution in [0.3, 0.4) is 0 Å². The molecule has 0 bridgehead atoms. The van der Waals surface area contributed by atoms with E-state index in [9.17, 15) is 4.79 Å². The van der Waals surface area contributed by atoms with Crippen LogP contribution in [-0.4, -0.2) is 16.9 Å². The van der Waals surface area contributed by atoms with Crippen LogP contribution in [0.5, 0.6) is 0 Å². The molecule has 5 heteroatoms. The van der Waals surface area contributed by atoms with Gasteiger partial charge < -0.3 is 10.6 Å². The van der Waals surface area contributed by atoms with Gasteiger partial charge in [0.25, 0.3) is 5.91 Å². The molecule has 0 unspecified atom stereocenters. The Morgan fingerprint density at radius 2 is 1.96 bits per heavy atom. The van der Waals surface area contributed by atoms with Crippen LogP contribution in [0.4, 0.5) is 5.69 Å². The maximum Gasteiger partial charge on any atom is 0.270 e. The van der Waals surface area contributed by atoms with Crippen LogP contribution < -0.4 is 10.6 Å². The average molecular weight is 344 g/mol. The number of hydrogen-bond donors (Lipinski definition) is 2. The summed E-state index contributed by atoms with van der Waals surface area (Å²) in [6.07, 6.45) is 7.92. The van der Waals surface area contributed by atoms with E-state index in [-0.39, 0.29) is 5.91 Å². The minimum absolute atomic E-state index is 0.192. The maximum absolute atomic E-state index is 12.3. The lowest BCUT2D eigenvalue weighted by atomic mass is 9.95. The number of carbonyl (C=O) groups excluding carboxylic acids is 1. The van der Waals surface area contributed by atoms with Crippen LogP contribution in [0.25, 0.3) is 0 Å². The Morgan fingerprint density at radius 1 is 1.17 bits per heavy atom. The van der Waals surface area contributed by atoms with Crippen molar-refractivity contribution in [3.8, 4) is 0 Å². The third-order valence-electron chi connectivity index (χ3n) is 4.37. The molecule has 126 valence electrons. The van der Waals surface area contributed by atoms with E-state index in [4.69, 9.17) is 11.6 Å². The highest BCUT2D eigenvalue weighted by Crippen LogP contribution is 2.21. The molecule has 0 radical (unpaired) electrons. The van der Waals surface area contributed by atoms with Gasteiger partial charge in [0, 0.05) is 29.5 Å². The highest BCUT2D eigenvalue weighted by molar-refractivity contribution is 6.31. The Labute approximate surface area is 147 Å². The van der Waals surface area contributed by atoms with E-state index in [1.807, 2.05) is 36.4 Å². The van der Waals surface area contributed by atoms with Crippen LogP contribution in [0, 0.1) is 0 Å². The Balaban J connectivity index is 1.60. The fourth-order valence-electron chi connectivity index (χ4n) is 3.03. The summed E-state index contributed by atoms with van der Waals surface area (Å²) in [6.45, 7) is 0.389. The van der Waals surface area contributed by atoms with Gasteiger partial charge in [0.1, 0.15) is 5.69 Å². The Morgan fingerprint density at radius 3 is 2.75 bits per heavy atom. The van der Waals surface area contributed by atoms with Crippen molar-refractivity contribution in [2.45, 2.75) is 44.7 Å². The topological polar surface area (TPSA) is 54.0 Å². The molecule has 1 aromatic heterocycles. The van der Waals surface area contributed by atoms with E-state index in [0.717, 1.165) is 11.3 Å². The molecule has 2 aromatic rings. The van der Waals surface area contributed by atoms with Gasteiger partial charge in [-0.05, 0) is 36.6 Å². The van der Waals surface area contributed by atoms with Crippen molar-refractivity contribution < 1.29 is 4.79 Å². The van der Waals surface area contributed by atoms with E-state index in [1.54, 1.807) is 6.20 Å². The van der Waals surface area contributed by atoms with E-state index in [1.165, 1.54) is 32.1 Å². The first-order valence-electron chi connectivity index (χ1n) is 8.46. The van der Waals surface area contributed by atoms with Gasteiger partial charge in [0.15, 0.2) is 0 Å². The zero-order valence-electron chi connectivity index (χ0n) is 13.6. The number of rotatable bonds is 5. The van der Waals surface area contributed by atoms with Gasteiger partial charge in [-0.15, -0.1) is 0 Å². The van der Waals surface area contributed by atoms with Gasteiger partial charge in [-0.2, -0.15) is 0 Å². The Bertz CT molecular complexity index is 699. The largest absolute Gasteiger partial charge is 0.382 e. The lowest BCUT2D eigenvalue weighted by Crippen LogP contribution is -2.25. The molecule has 1 aliphatic carbocycles. The molecule has 1 saturated carbocycles. The molecule has 4 nitrogen and oxygen atoms in total. The van der Waals surface area contributed by atoms with Gasteiger partial charge in [-0.25, -0.2) is 0 Å². The zero-order valence-corrected chi connectivity index (χ0v) is 14.4. The first-order valence-corrected chi connectivity index (χ1v) is 8.84. The lowest BCUT2D eigenvalue weighted by Gasteiger charge is -2.23. The van der Waals surface area contributed by atoms with Gasteiger partial charge >= 0.3 is 0 Å². The lowest BCUT2D eigenvalue weighted by molar-refractivity contribution is 0.0946. The molecular weight excluding hydrogens is 322 g/mol. The summed E-state index contributed by atoms with van der Waals surface area (Å²) in [7, 11) is 0. The molecule has 1 aliphatic rings. The molecule has 1 heterocycles. The molecule has 0 aliphatic heterocycles. The predicted octanol–water partition coefficient (Wildman–Crippen LogP) is 4.41. The molecule has 2 N–H and O–H groups in total. The van der Waals surface area contributed by atoms with Crippen LogP contribution in [-0.2, 0) is 6.54 Å². The number of pyridine rings is 1. The van der Waals surface area contributed by atoms with Crippen molar-refractivity contribution >= 4 is 23.2 Å². The summed E-state index contributed by atoms with van der Waals surface area (Å²) in [4.78, 5) is 16.5. The van der Waals surface area contributed by atoms with Crippen LogP contribution >= 0.6 is 11.6 Å². The number of benzene rings is 1. The standard InChI is InChI=1S/C19H22ClN3O/c20-17-9-5-4-6-14(17)13-22-19(24)18-12-16(10-11-21-18)23-15-7-2-1-3-8-15/h4-6,9-12,15H,1-3,7-8,13H2,(H,21,23)(H,22,24). The van der Waals surface area contributed by atoms with Crippen LogP contribution in [0.15, 0.2) is 42.6 Å². The van der Waals surface area contributed by atoms with Crippen molar-refractivity contribution in [3.05, 3.63) is 58.9 Å². The number of aromatic nitrogens is 1. The summed E-state index contributed by atoms with van der Waals surface area (Å²) in [5.41, 5.74) is 2.27. The first-order chi connectivity index (χ1) is 11.7. The zero-order chi connectivity index (χ0) is 16.8. The molecule has 0 spiro atoms. The number of nitrogens with one attached hydrogen (secondary N) is 2. The fourth-order valence-corrected chi connectivity index (χ4v) is 3.24. The maximum atomic E-state index is 12.3. The van der Waals surface area contributed by atoms with Gasteiger partial charge in [0.2, 0.25) is 0 Å². The third kappa shape index (κ3) is 4.48. The molecule has 1 fully saturated rings. The van der Waals surface area contributed by atoms with E-state index >= 15 is 0 Å². The molecule has 0 atom stereocenters. The highest BCUT2D eigenvalue weighted by Gasteiger charge is 2.14. The van der Waals surface area contributed by atoms with Gasteiger partial charge in [-0.3, -0.25) is 9.78 Å². The molecule has 1 aromatic carbocycles. The number of anilines is 1. The second-order valence-corrected chi connectivity index (χ2v) is 6.59. The van der Waals surface area contributed by atoms with Crippen LogP contribution in [0.2, 0.25) is 5.02 Å². The summed E-state index contributed by atoms with van der Waals surface area (Å²) >= 11 is 6.11. The third-order valence-corrected chi connectivity index (χ3v) is 4.73. The van der Waals surface area contributed by atoms with Crippen molar-refractivity contribution in [1.29, 1.82) is 0 Å². The predicted molar refractivity (Wildman–Crippen MR) is 97.4 cm³/mol. The van der Waals surface area contributed by atoms with Crippen molar-refractivity contribution in [2.24, 2.45) is 0 Å². The number of amides is 1. The SMILES string of the molecule is O=C(NCc1ccccc1Cl)c1cc(NC2CCCCC2)ccn1. The molecular formula is C19H22ClN3O. The summed E-state index contributed by atoms with van der Waals surface area (Å²) in [5, 5.41) is 7.04. The number of carbonyl (C=O) groups is 1. The minimum atomic E-state index is -0.192. The quantitative estimate of drug-likeness (QED) is 0.845. The monoisotopic (exact) mass is 343 g/mol. The van der Waals surface area contributed by atoms with E-state index in [2.05, 4.69) is 15.6 Å². The Kier molecular flexibility index (Phi) is 5.70. The summed E-state index contributed by atoms with van der Waals surface area (Å²) < 4.78 is 0. The summed E-state index contributed by atoms with van der Waals surface area (Å²) in [5.74, 6) is -0.192. The molecule has 1 amide bonds. The molecule has 0 saturated heterocycles. The van der Waals surface area contributed by atoms with E-state index < -0.39 is 0 Å². The van der Waals surface area contributed by atoms with Crippen molar-refractivity contribution in [1.82, 2.24) is 10.3 Å². The summed E-state index contributed by atoms with van der Waals surface area (Å²) in [6, 6.07) is 11.7.